The quantitative estimate of drug-likeness (QED) is 0.237. The van der Waals surface area contributed by atoms with Crippen molar-refractivity contribution in [3.8, 4) is 11.1 Å². The van der Waals surface area contributed by atoms with Gasteiger partial charge in [-0.1, -0.05) is 22.4 Å². The van der Waals surface area contributed by atoms with Crippen LogP contribution in [-0.4, -0.2) is 85.6 Å². The zero-order chi connectivity index (χ0) is 29.8. The molecule has 0 spiro atoms. The Morgan fingerprint density at radius 3 is 1.49 bits per heavy atom. The zero-order valence-electron chi connectivity index (χ0n) is 26.3. The highest BCUT2D eigenvalue weighted by Crippen LogP contribution is 2.34. The number of piperazine rings is 2. The second-order valence-electron chi connectivity index (χ2n) is 12.4. The summed E-state index contributed by atoms with van der Waals surface area (Å²) in [7, 11) is 0. The van der Waals surface area contributed by atoms with Crippen molar-refractivity contribution in [2.75, 3.05) is 75.2 Å². The summed E-state index contributed by atoms with van der Waals surface area (Å²) in [4.78, 5) is 10.2. The minimum Gasteiger partial charge on any atom is -0.369 e. The van der Waals surface area contributed by atoms with Gasteiger partial charge in [-0.3, -0.25) is 9.80 Å². The summed E-state index contributed by atoms with van der Waals surface area (Å²) in [5.41, 5.74) is 10.1. The predicted molar refractivity (Wildman–Crippen MR) is 173 cm³/mol. The first-order chi connectivity index (χ1) is 20.9. The maximum absolute atomic E-state index is 5.23. The van der Waals surface area contributed by atoms with Gasteiger partial charge in [0.1, 0.15) is 11.5 Å². The molecule has 0 bridgehead atoms. The van der Waals surface area contributed by atoms with Gasteiger partial charge in [0, 0.05) is 88.8 Å². The molecular weight excluding hydrogens is 536 g/mol. The van der Waals surface area contributed by atoms with Crippen molar-refractivity contribution in [2.45, 2.75) is 47.0 Å². The van der Waals surface area contributed by atoms with Crippen LogP contribution in [0.4, 0.5) is 11.4 Å². The first-order valence-corrected chi connectivity index (χ1v) is 15.9. The fraction of sp³-hybridized carbons (Fsp3) is 0.486. The van der Waals surface area contributed by atoms with Crippen molar-refractivity contribution >= 4 is 11.4 Å². The third-order valence-corrected chi connectivity index (χ3v) is 9.15. The second-order valence-corrected chi connectivity index (χ2v) is 12.4. The lowest BCUT2D eigenvalue weighted by atomic mass is 9.95. The van der Waals surface area contributed by atoms with E-state index in [-0.39, 0.29) is 0 Å². The van der Waals surface area contributed by atoms with Gasteiger partial charge >= 0.3 is 0 Å². The van der Waals surface area contributed by atoms with Crippen LogP contribution in [0.3, 0.4) is 0 Å². The molecule has 0 atom stereocenters. The highest BCUT2D eigenvalue weighted by Gasteiger charge is 2.21. The predicted octanol–water partition coefficient (Wildman–Crippen LogP) is 5.68. The second kappa shape index (κ2) is 13.3. The summed E-state index contributed by atoms with van der Waals surface area (Å²) in [6.45, 7) is 19.1. The van der Waals surface area contributed by atoms with Crippen molar-refractivity contribution in [2.24, 2.45) is 0 Å². The molecule has 2 aliphatic heterocycles. The van der Waals surface area contributed by atoms with Crippen LogP contribution in [-0.2, 0) is 12.8 Å². The number of aromatic nitrogens is 2. The van der Waals surface area contributed by atoms with Gasteiger partial charge in [0.15, 0.2) is 0 Å². The average Bonchev–Trinajstić information content (AvgIpc) is 3.64. The van der Waals surface area contributed by atoms with E-state index in [0.717, 1.165) is 108 Å². The maximum atomic E-state index is 5.23. The molecule has 4 heterocycles. The molecule has 2 fully saturated rings. The van der Waals surface area contributed by atoms with Gasteiger partial charge in [0.25, 0.3) is 0 Å². The van der Waals surface area contributed by atoms with E-state index in [1.807, 2.05) is 19.9 Å². The van der Waals surface area contributed by atoms with Gasteiger partial charge in [-0.05, 0) is 93.6 Å². The van der Waals surface area contributed by atoms with Gasteiger partial charge < -0.3 is 18.8 Å². The Balaban J connectivity index is 1.05. The molecule has 2 aliphatic rings. The topological polar surface area (TPSA) is 65.0 Å². The lowest BCUT2D eigenvalue weighted by Gasteiger charge is -2.37. The van der Waals surface area contributed by atoms with E-state index in [1.165, 1.54) is 33.6 Å². The van der Waals surface area contributed by atoms with Crippen molar-refractivity contribution in [1.29, 1.82) is 0 Å². The fourth-order valence-corrected chi connectivity index (χ4v) is 6.48. The first-order valence-electron chi connectivity index (χ1n) is 15.9. The molecule has 8 heteroatoms. The largest absolute Gasteiger partial charge is 0.369 e. The Bertz CT molecular complexity index is 1490. The molecule has 0 radical (unpaired) electrons. The highest BCUT2D eigenvalue weighted by atomic mass is 16.5. The lowest BCUT2D eigenvalue weighted by Crippen LogP contribution is -2.47. The van der Waals surface area contributed by atoms with Crippen LogP contribution >= 0.6 is 0 Å². The Hall–Kier alpha value is -3.62. The smallest absolute Gasteiger partial charge is 0.133 e. The molecule has 0 amide bonds. The number of aryl methyl sites for hydroxylation is 5. The fourth-order valence-electron chi connectivity index (χ4n) is 6.48. The third-order valence-electron chi connectivity index (χ3n) is 9.15. The number of hydrogen-bond acceptors (Lipinski definition) is 8. The molecule has 2 saturated heterocycles. The summed E-state index contributed by atoms with van der Waals surface area (Å²) < 4.78 is 10.4. The van der Waals surface area contributed by atoms with E-state index >= 15 is 0 Å². The minimum absolute atomic E-state index is 0.889. The normalized spacial score (nSPS) is 16.7. The van der Waals surface area contributed by atoms with Crippen LogP contribution < -0.4 is 9.80 Å². The molecule has 0 unspecified atom stereocenters. The van der Waals surface area contributed by atoms with Crippen LogP contribution in [0.2, 0.25) is 0 Å². The van der Waals surface area contributed by atoms with Crippen molar-refractivity contribution in [3.63, 3.8) is 0 Å². The summed E-state index contributed by atoms with van der Waals surface area (Å²) in [5, 5.41) is 8.29. The van der Waals surface area contributed by atoms with E-state index in [0.29, 0.717) is 0 Å². The third kappa shape index (κ3) is 7.31. The summed E-state index contributed by atoms with van der Waals surface area (Å²) >= 11 is 0. The minimum atomic E-state index is 0.889. The number of benzene rings is 2. The highest BCUT2D eigenvalue weighted by molar-refractivity contribution is 5.77. The molecule has 0 aliphatic carbocycles. The molecule has 4 aromatic rings. The van der Waals surface area contributed by atoms with Gasteiger partial charge in [0.2, 0.25) is 0 Å². The van der Waals surface area contributed by atoms with E-state index in [9.17, 15) is 0 Å². The van der Waals surface area contributed by atoms with Crippen molar-refractivity contribution in [1.82, 2.24) is 20.1 Å². The maximum Gasteiger partial charge on any atom is 0.133 e. The van der Waals surface area contributed by atoms with E-state index < -0.39 is 0 Å². The van der Waals surface area contributed by atoms with E-state index in [2.05, 4.69) is 86.2 Å². The van der Waals surface area contributed by atoms with Gasteiger partial charge in [0.05, 0.1) is 11.4 Å². The number of hydrogen-bond donors (Lipinski definition) is 0. The Morgan fingerprint density at radius 1 is 0.558 bits per heavy atom. The summed E-state index contributed by atoms with van der Waals surface area (Å²) in [6.07, 6.45) is 3.05. The first kappa shape index (κ1) is 29.5. The van der Waals surface area contributed by atoms with Crippen LogP contribution in [0.25, 0.3) is 11.1 Å². The van der Waals surface area contributed by atoms with Crippen LogP contribution in [0.1, 0.15) is 40.5 Å². The molecular formula is C35H46N6O2. The molecule has 6 rings (SSSR count). The zero-order valence-corrected chi connectivity index (χ0v) is 26.3. The average molecular weight is 583 g/mol. The van der Waals surface area contributed by atoms with Gasteiger partial charge in [-0.15, -0.1) is 0 Å². The summed E-state index contributed by atoms with van der Waals surface area (Å²) in [5.74, 6) is 1.78. The monoisotopic (exact) mass is 582 g/mol. The summed E-state index contributed by atoms with van der Waals surface area (Å²) in [6, 6.07) is 18.2. The SMILES string of the molecule is Cc1cc(CCCN2CCN(c3ccc(C)c(-c4cc(N5CCN(CCc6cc(C)on6)CC5)ccc4C)c3)CC2)no1. The molecule has 0 saturated carbocycles. The Morgan fingerprint density at radius 2 is 1.02 bits per heavy atom. The van der Waals surface area contributed by atoms with Crippen LogP contribution in [0.5, 0.6) is 0 Å². The van der Waals surface area contributed by atoms with E-state index in [4.69, 9.17) is 9.05 Å². The van der Waals surface area contributed by atoms with E-state index in [1.54, 1.807) is 0 Å². The van der Waals surface area contributed by atoms with Crippen molar-refractivity contribution < 1.29 is 9.05 Å². The Labute approximate surface area is 256 Å². The number of nitrogens with zero attached hydrogens (tertiary/aromatic N) is 6. The number of anilines is 2. The van der Waals surface area contributed by atoms with Gasteiger partial charge in [-0.25, -0.2) is 0 Å². The van der Waals surface area contributed by atoms with Gasteiger partial charge in [-0.2, -0.15) is 0 Å². The molecule has 228 valence electrons. The Kier molecular flexibility index (Phi) is 9.14. The number of rotatable bonds is 10. The lowest BCUT2D eigenvalue weighted by molar-refractivity contribution is 0.254. The molecule has 2 aromatic heterocycles. The molecule has 0 N–H and O–H groups in total. The standard InChI is InChI=1S/C35H46N6O2/c1-26-7-9-32(40-18-14-38(15-19-40)12-5-6-30-22-28(3)42-36-30)24-34(26)35-25-33(10-8-27(35)2)41-20-16-39(17-21-41)13-11-31-23-29(4)43-37-31/h7-10,22-25H,5-6,11-21H2,1-4H3. The van der Waals surface area contributed by atoms with Crippen molar-refractivity contribution in [3.05, 3.63) is 82.6 Å². The van der Waals surface area contributed by atoms with Crippen LogP contribution in [0, 0.1) is 27.7 Å². The molecule has 2 aromatic carbocycles. The molecule has 43 heavy (non-hydrogen) atoms. The van der Waals surface area contributed by atoms with Crippen LogP contribution in [0.15, 0.2) is 57.6 Å². The molecule has 8 nitrogen and oxygen atoms in total.